The highest BCUT2D eigenvalue weighted by atomic mass is 32.2. The van der Waals surface area contributed by atoms with Crippen LogP contribution in [0.1, 0.15) is 19.8 Å². The van der Waals surface area contributed by atoms with E-state index in [1.807, 2.05) is 6.92 Å². The maximum Gasteiger partial charge on any atom is 0.246 e. The van der Waals surface area contributed by atoms with Crippen LogP contribution in [0.25, 0.3) is 0 Å². The van der Waals surface area contributed by atoms with Crippen LogP contribution in [0.5, 0.6) is 0 Å². The van der Waals surface area contributed by atoms with E-state index in [4.69, 9.17) is 5.11 Å². The maximum absolute atomic E-state index is 12.7. The lowest BCUT2D eigenvalue weighted by atomic mass is 10.00. The normalized spacial score (nSPS) is 18.1. The van der Waals surface area contributed by atoms with Crippen LogP contribution in [0.2, 0.25) is 0 Å². The Hall–Kier alpha value is -1.18. The summed E-state index contributed by atoms with van der Waals surface area (Å²) in [7, 11) is -3.52. The molecule has 0 unspecified atom stereocenters. The van der Waals surface area contributed by atoms with Crippen molar-refractivity contribution in [1.82, 2.24) is 9.29 Å². The highest BCUT2D eigenvalue weighted by Crippen LogP contribution is 2.27. The molecule has 1 aromatic rings. The molecule has 2 heterocycles. The molecule has 20 heavy (non-hydrogen) atoms. The summed E-state index contributed by atoms with van der Waals surface area (Å²) < 4.78 is 26.8. The van der Waals surface area contributed by atoms with Crippen molar-refractivity contribution in [3.63, 3.8) is 0 Å². The SMILES string of the molecule is CCNc1ccncc1S(=O)(=O)N1CCC(CO)CC1. The molecule has 1 saturated heterocycles. The minimum absolute atomic E-state index is 0.128. The Morgan fingerprint density at radius 1 is 1.45 bits per heavy atom. The third-order valence-corrected chi connectivity index (χ3v) is 5.53. The van der Waals surface area contributed by atoms with Crippen molar-refractivity contribution in [3.05, 3.63) is 18.5 Å². The third kappa shape index (κ3) is 3.11. The summed E-state index contributed by atoms with van der Waals surface area (Å²) in [4.78, 5) is 4.16. The van der Waals surface area contributed by atoms with Gasteiger partial charge in [0.15, 0.2) is 0 Å². The zero-order valence-electron chi connectivity index (χ0n) is 11.6. The Morgan fingerprint density at radius 3 is 2.75 bits per heavy atom. The minimum atomic E-state index is -3.52. The van der Waals surface area contributed by atoms with Crippen LogP contribution in [0.3, 0.4) is 0 Å². The molecule has 7 heteroatoms. The van der Waals surface area contributed by atoms with Gasteiger partial charge in [-0.25, -0.2) is 8.42 Å². The topological polar surface area (TPSA) is 82.5 Å². The molecule has 0 saturated carbocycles. The third-order valence-electron chi connectivity index (χ3n) is 3.60. The number of hydrogen-bond acceptors (Lipinski definition) is 5. The number of nitrogens with one attached hydrogen (secondary N) is 1. The number of nitrogens with zero attached hydrogens (tertiary/aromatic N) is 2. The van der Waals surface area contributed by atoms with E-state index >= 15 is 0 Å². The summed E-state index contributed by atoms with van der Waals surface area (Å²) in [6.45, 7) is 3.61. The Bertz CT molecular complexity index is 540. The second-order valence-corrected chi connectivity index (χ2v) is 6.84. The standard InChI is InChI=1S/C13H21N3O3S/c1-2-15-12-3-6-14-9-13(12)20(18,19)16-7-4-11(10-17)5-8-16/h3,6,9,11,17H,2,4-5,7-8,10H2,1H3,(H,14,15). The fourth-order valence-electron chi connectivity index (χ4n) is 2.39. The number of pyridine rings is 1. The Labute approximate surface area is 119 Å². The number of piperidine rings is 1. The average Bonchev–Trinajstić information content (AvgIpc) is 2.48. The van der Waals surface area contributed by atoms with Crippen molar-refractivity contribution in [3.8, 4) is 0 Å². The lowest BCUT2D eigenvalue weighted by Gasteiger charge is -2.30. The van der Waals surface area contributed by atoms with Crippen LogP contribution >= 0.6 is 0 Å². The maximum atomic E-state index is 12.7. The predicted octanol–water partition coefficient (Wildman–Crippen LogP) is 0.906. The summed E-state index contributed by atoms with van der Waals surface area (Å²) in [5, 5.41) is 12.2. The molecule has 6 nitrogen and oxygen atoms in total. The molecule has 0 amide bonds. The fourth-order valence-corrected chi connectivity index (χ4v) is 3.98. The lowest BCUT2D eigenvalue weighted by molar-refractivity contribution is 0.170. The second-order valence-electron chi connectivity index (χ2n) is 4.93. The molecule has 0 aromatic carbocycles. The average molecular weight is 299 g/mol. The Morgan fingerprint density at radius 2 is 2.15 bits per heavy atom. The number of aliphatic hydroxyl groups is 1. The van der Waals surface area contributed by atoms with E-state index in [2.05, 4.69) is 10.3 Å². The molecule has 0 spiro atoms. The quantitative estimate of drug-likeness (QED) is 0.844. The van der Waals surface area contributed by atoms with Crippen molar-refractivity contribution < 1.29 is 13.5 Å². The first-order valence-electron chi connectivity index (χ1n) is 6.88. The van der Waals surface area contributed by atoms with E-state index in [0.29, 0.717) is 38.2 Å². The van der Waals surface area contributed by atoms with Crippen LogP contribution < -0.4 is 5.32 Å². The van der Waals surface area contributed by atoms with Crippen molar-refractivity contribution >= 4 is 15.7 Å². The van der Waals surface area contributed by atoms with Gasteiger partial charge in [-0.05, 0) is 31.7 Å². The molecule has 2 rings (SSSR count). The Balaban J connectivity index is 2.23. The van der Waals surface area contributed by atoms with Crippen LogP contribution in [0.4, 0.5) is 5.69 Å². The number of hydrogen-bond donors (Lipinski definition) is 2. The van der Waals surface area contributed by atoms with E-state index in [0.717, 1.165) is 0 Å². The highest BCUT2D eigenvalue weighted by Gasteiger charge is 2.30. The highest BCUT2D eigenvalue weighted by molar-refractivity contribution is 7.89. The van der Waals surface area contributed by atoms with Crippen molar-refractivity contribution in [2.45, 2.75) is 24.7 Å². The summed E-state index contributed by atoms with van der Waals surface area (Å²) in [6, 6.07) is 1.68. The molecular formula is C13H21N3O3S. The smallest absolute Gasteiger partial charge is 0.246 e. The van der Waals surface area contributed by atoms with Gasteiger partial charge in [0.2, 0.25) is 10.0 Å². The number of sulfonamides is 1. The van der Waals surface area contributed by atoms with Gasteiger partial charge in [0.05, 0.1) is 5.69 Å². The first kappa shape index (κ1) is 15.2. The minimum Gasteiger partial charge on any atom is -0.396 e. The van der Waals surface area contributed by atoms with Crippen LogP contribution in [0.15, 0.2) is 23.4 Å². The van der Waals surface area contributed by atoms with Crippen LogP contribution in [0, 0.1) is 5.92 Å². The summed E-state index contributed by atoms with van der Waals surface area (Å²) in [5.41, 5.74) is 0.590. The summed E-state index contributed by atoms with van der Waals surface area (Å²) in [5.74, 6) is 0.212. The number of rotatable bonds is 5. The largest absolute Gasteiger partial charge is 0.396 e. The lowest BCUT2D eigenvalue weighted by Crippen LogP contribution is -2.39. The van der Waals surface area contributed by atoms with Gasteiger partial charge < -0.3 is 10.4 Å². The number of aromatic nitrogens is 1. The van der Waals surface area contributed by atoms with E-state index in [1.54, 1.807) is 12.3 Å². The molecule has 1 fully saturated rings. The van der Waals surface area contributed by atoms with Gasteiger partial charge in [-0.1, -0.05) is 0 Å². The zero-order valence-corrected chi connectivity index (χ0v) is 12.4. The molecule has 0 aliphatic carbocycles. The van der Waals surface area contributed by atoms with E-state index in [9.17, 15) is 8.42 Å². The van der Waals surface area contributed by atoms with Gasteiger partial charge in [0.1, 0.15) is 4.90 Å². The molecule has 0 bridgehead atoms. The molecule has 2 N–H and O–H groups in total. The molecule has 0 radical (unpaired) electrons. The molecule has 112 valence electrons. The number of aliphatic hydroxyl groups excluding tert-OH is 1. The first-order valence-corrected chi connectivity index (χ1v) is 8.32. The van der Waals surface area contributed by atoms with Crippen LogP contribution in [-0.2, 0) is 10.0 Å². The van der Waals surface area contributed by atoms with Crippen LogP contribution in [-0.4, -0.2) is 49.1 Å². The van der Waals surface area contributed by atoms with Crippen molar-refractivity contribution in [2.75, 3.05) is 31.6 Å². The van der Waals surface area contributed by atoms with Gasteiger partial charge in [0, 0.05) is 38.6 Å². The monoisotopic (exact) mass is 299 g/mol. The van der Waals surface area contributed by atoms with Gasteiger partial charge >= 0.3 is 0 Å². The molecular weight excluding hydrogens is 278 g/mol. The Kier molecular flexibility index (Phi) is 4.95. The number of anilines is 1. The molecule has 1 aliphatic heterocycles. The first-order chi connectivity index (χ1) is 9.59. The van der Waals surface area contributed by atoms with Gasteiger partial charge in [-0.3, -0.25) is 4.98 Å². The summed E-state index contributed by atoms with van der Waals surface area (Å²) >= 11 is 0. The zero-order chi connectivity index (χ0) is 14.6. The fraction of sp³-hybridized carbons (Fsp3) is 0.615. The van der Waals surface area contributed by atoms with Gasteiger partial charge in [0.25, 0.3) is 0 Å². The van der Waals surface area contributed by atoms with E-state index in [-0.39, 0.29) is 17.4 Å². The van der Waals surface area contributed by atoms with Gasteiger partial charge in [-0.2, -0.15) is 4.31 Å². The van der Waals surface area contributed by atoms with E-state index < -0.39 is 10.0 Å². The van der Waals surface area contributed by atoms with E-state index in [1.165, 1.54) is 10.5 Å². The summed E-state index contributed by atoms with van der Waals surface area (Å²) in [6.07, 6.45) is 4.37. The molecule has 1 aromatic heterocycles. The molecule has 1 aliphatic rings. The predicted molar refractivity (Wildman–Crippen MR) is 77.0 cm³/mol. The van der Waals surface area contributed by atoms with Gasteiger partial charge in [-0.15, -0.1) is 0 Å². The second kappa shape index (κ2) is 6.51. The molecule has 0 atom stereocenters. The van der Waals surface area contributed by atoms with Crippen molar-refractivity contribution in [1.29, 1.82) is 0 Å². The van der Waals surface area contributed by atoms with Crippen molar-refractivity contribution in [2.24, 2.45) is 5.92 Å².